The Labute approximate surface area is 299 Å². The van der Waals surface area contributed by atoms with Crippen LogP contribution in [0.1, 0.15) is 117 Å². The highest BCUT2D eigenvalue weighted by molar-refractivity contribution is 6.01. The van der Waals surface area contributed by atoms with Gasteiger partial charge < -0.3 is 21.1 Å². The molecule has 3 amide bonds. The summed E-state index contributed by atoms with van der Waals surface area (Å²) in [6.45, 7) is 12.0. The Kier molecular flexibility index (Phi) is 16.3. The predicted molar refractivity (Wildman–Crippen MR) is 197 cm³/mol. The third-order valence-corrected chi connectivity index (χ3v) is 10.3. The maximum atomic E-state index is 15.1. The molecule has 1 saturated carbocycles. The lowest BCUT2D eigenvalue weighted by Crippen LogP contribution is -2.58. The summed E-state index contributed by atoms with van der Waals surface area (Å²) in [6.07, 6.45) is 9.60. The van der Waals surface area contributed by atoms with Gasteiger partial charge in [0.2, 0.25) is 17.7 Å². The van der Waals surface area contributed by atoms with Crippen LogP contribution in [0.25, 0.3) is 0 Å². The lowest BCUT2D eigenvalue weighted by atomic mass is 9.79. The predicted octanol–water partition coefficient (Wildman–Crippen LogP) is 5.78. The number of ketones is 1. The van der Waals surface area contributed by atoms with Gasteiger partial charge in [-0.05, 0) is 43.1 Å². The minimum absolute atomic E-state index is 0.0580. The van der Waals surface area contributed by atoms with Crippen molar-refractivity contribution in [3.8, 4) is 0 Å². The number of unbranched alkanes of at least 4 members (excludes halogenated alkanes) is 1. The molecule has 0 spiro atoms. The monoisotopic (exact) mass is 693 g/mol. The Morgan fingerprint density at radius 2 is 1.72 bits per heavy atom. The molecule has 0 radical (unpaired) electrons. The number of Topliss-reactive ketones (excluding diaryl/α,β-unsaturated/α-hetero) is 1. The first kappa shape index (κ1) is 41.1. The standard InChI is InChI=1S/C40H63N5O5/c1-7-8-19-43-37(48)32(27(2)3)24-35(46)34(21-29-17-13-10-14-18-29)45(39(50)33(41)23-31-25-42-26-44-31)38(49)30(22-36(47)40(4,5)6)20-28-15-11-9-12-16-28/h9,11-12,15-16,25-27,29-30,32-35,46H,7-8,10,13-14,17-24,41H2,1-6H3,(H,42,44)(H,43,48)/t30?,32?,33-,34?,35?/m0/s1. The first-order chi connectivity index (χ1) is 23.7. The topological polar surface area (TPSA) is 158 Å². The number of imide groups is 1. The Morgan fingerprint density at radius 3 is 2.30 bits per heavy atom. The van der Waals surface area contributed by atoms with Gasteiger partial charge in [0.1, 0.15) is 5.78 Å². The van der Waals surface area contributed by atoms with Gasteiger partial charge >= 0.3 is 0 Å². The second kappa shape index (κ2) is 19.9. The Hall–Kier alpha value is -3.37. The van der Waals surface area contributed by atoms with Gasteiger partial charge in [-0.2, -0.15) is 0 Å². The van der Waals surface area contributed by atoms with Gasteiger partial charge in [-0.1, -0.05) is 110 Å². The van der Waals surface area contributed by atoms with E-state index in [0.717, 1.165) is 50.5 Å². The van der Waals surface area contributed by atoms with Crippen LogP contribution in [0.2, 0.25) is 0 Å². The molecule has 0 saturated heterocycles. The molecular formula is C40H63N5O5. The second-order valence-corrected chi connectivity index (χ2v) is 15.8. The third-order valence-electron chi connectivity index (χ3n) is 10.3. The maximum absolute atomic E-state index is 15.1. The van der Waals surface area contributed by atoms with Crippen LogP contribution in [-0.4, -0.2) is 68.2 Å². The molecule has 5 N–H and O–H groups in total. The molecule has 3 rings (SSSR count). The molecule has 10 nitrogen and oxygen atoms in total. The number of nitrogens with one attached hydrogen (secondary N) is 2. The summed E-state index contributed by atoms with van der Waals surface area (Å²) in [4.78, 5) is 64.9. The minimum Gasteiger partial charge on any atom is -0.391 e. The zero-order valence-corrected chi connectivity index (χ0v) is 31.3. The summed E-state index contributed by atoms with van der Waals surface area (Å²) in [5, 5.41) is 15.2. The zero-order valence-electron chi connectivity index (χ0n) is 31.3. The highest BCUT2D eigenvalue weighted by Crippen LogP contribution is 2.34. The normalized spacial score (nSPS) is 17.1. The molecule has 0 aliphatic heterocycles. The minimum atomic E-state index is -1.18. The number of rotatable bonds is 19. The van der Waals surface area contributed by atoms with Gasteiger partial charge in [0, 0.05) is 48.5 Å². The molecule has 1 aromatic heterocycles. The van der Waals surface area contributed by atoms with Gasteiger partial charge in [-0.15, -0.1) is 0 Å². The smallest absolute Gasteiger partial charge is 0.246 e. The van der Waals surface area contributed by atoms with Gasteiger partial charge in [0.05, 0.1) is 24.5 Å². The number of nitrogens with two attached hydrogens (primary N) is 1. The van der Waals surface area contributed by atoms with Crippen molar-refractivity contribution in [3.63, 3.8) is 0 Å². The number of aromatic nitrogens is 2. The van der Waals surface area contributed by atoms with E-state index >= 15 is 4.79 Å². The molecule has 278 valence electrons. The van der Waals surface area contributed by atoms with E-state index in [0.29, 0.717) is 18.7 Å². The maximum Gasteiger partial charge on any atom is 0.246 e. The molecular weight excluding hydrogens is 630 g/mol. The van der Waals surface area contributed by atoms with Crippen LogP contribution >= 0.6 is 0 Å². The molecule has 1 aromatic carbocycles. The number of aromatic amines is 1. The lowest BCUT2D eigenvalue weighted by Gasteiger charge is -2.40. The third kappa shape index (κ3) is 12.4. The summed E-state index contributed by atoms with van der Waals surface area (Å²) in [5.41, 5.74) is 7.42. The molecule has 1 heterocycles. The van der Waals surface area contributed by atoms with E-state index in [2.05, 4.69) is 22.2 Å². The molecule has 2 aromatic rings. The van der Waals surface area contributed by atoms with Crippen LogP contribution in [0.15, 0.2) is 42.9 Å². The second-order valence-electron chi connectivity index (χ2n) is 15.8. The van der Waals surface area contributed by atoms with Crippen molar-refractivity contribution in [2.24, 2.45) is 34.8 Å². The van der Waals surface area contributed by atoms with E-state index in [1.54, 1.807) is 6.20 Å². The summed E-state index contributed by atoms with van der Waals surface area (Å²) < 4.78 is 0. The number of carbonyl (C=O) groups is 4. The van der Waals surface area contributed by atoms with Gasteiger partial charge in [0.25, 0.3) is 0 Å². The molecule has 1 fully saturated rings. The Balaban J connectivity index is 2.10. The Morgan fingerprint density at radius 1 is 1.04 bits per heavy atom. The number of aliphatic hydroxyl groups is 1. The number of H-pyrrole nitrogens is 1. The van der Waals surface area contributed by atoms with Gasteiger partial charge in [-0.3, -0.25) is 24.1 Å². The average Bonchev–Trinajstić information content (AvgIpc) is 3.59. The molecule has 10 heteroatoms. The van der Waals surface area contributed by atoms with Crippen LogP contribution in [0, 0.1) is 29.1 Å². The largest absolute Gasteiger partial charge is 0.391 e. The first-order valence-corrected chi connectivity index (χ1v) is 18.9. The molecule has 50 heavy (non-hydrogen) atoms. The van der Waals surface area contributed by atoms with Crippen molar-refractivity contribution in [2.45, 2.75) is 137 Å². The average molecular weight is 694 g/mol. The fourth-order valence-corrected chi connectivity index (χ4v) is 7.02. The van der Waals surface area contributed by atoms with Crippen molar-refractivity contribution >= 4 is 23.5 Å². The fraction of sp³-hybridized carbons (Fsp3) is 0.675. The molecule has 1 aliphatic carbocycles. The van der Waals surface area contributed by atoms with Gasteiger partial charge in [0.15, 0.2) is 0 Å². The van der Waals surface area contributed by atoms with E-state index in [-0.39, 0.29) is 49.2 Å². The molecule has 5 atom stereocenters. The summed E-state index contributed by atoms with van der Waals surface area (Å²) >= 11 is 0. The van der Waals surface area contributed by atoms with Crippen molar-refractivity contribution in [1.82, 2.24) is 20.2 Å². The van der Waals surface area contributed by atoms with Gasteiger partial charge in [-0.25, -0.2) is 4.98 Å². The van der Waals surface area contributed by atoms with Crippen molar-refractivity contribution in [3.05, 3.63) is 54.1 Å². The number of hydrogen-bond acceptors (Lipinski definition) is 7. The van der Waals surface area contributed by atoms with E-state index in [9.17, 15) is 19.5 Å². The first-order valence-electron chi connectivity index (χ1n) is 18.9. The summed E-state index contributed by atoms with van der Waals surface area (Å²) in [7, 11) is 0. The quantitative estimate of drug-likeness (QED) is 0.136. The van der Waals surface area contributed by atoms with Crippen LogP contribution in [-0.2, 0) is 32.0 Å². The van der Waals surface area contributed by atoms with E-state index in [1.165, 1.54) is 11.2 Å². The van der Waals surface area contributed by atoms with E-state index in [1.807, 2.05) is 65.0 Å². The summed E-state index contributed by atoms with van der Waals surface area (Å²) in [6, 6.07) is 7.48. The van der Waals surface area contributed by atoms with Crippen molar-refractivity contribution < 1.29 is 24.3 Å². The van der Waals surface area contributed by atoms with Crippen LogP contribution in [0.5, 0.6) is 0 Å². The number of aliphatic hydroxyl groups excluding tert-OH is 1. The SMILES string of the molecule is CCCCNC(=O)C(CC(O)C(CC1CCCCC1)N(C(=O)C(CC(=O)C(C)(C)C)Cc1ccccc1)C(=O)[C@@H](N)Cc1cnc[nH]1)C(C)C. The van der Waals surface area contributed by atoms with E-state index < -0.39 is 47.3 Å². The molecule has 4 unspecified atom stereocenters. The zero-order chi connectivity index (χ0) is 36.8. The lowest BCUT2D eigenvalue weighted by molar-refractivity contribution is -0.157. The van der Waals surface area contributed by atoms with Crippen molar-refractivity contribution in [1.29, 1.82) is 0 Å². The van der Waals surface area contributed by atoms with E-state index in [4.69, 9.17) is 5.73 Å². The highest BCUT2D eigenvalue weighted by atomic mass is 16.3. The van der Waals surface area contributed by atoms with Crippen LogP contribution in [0.4, 0.5) is 0 Å². The highest BCUT2D eigenvalue weighted by Gasteiger charge is 2.43. The summed E-state index contributed by atoms with van der Waals surface area (Å²) in [5.74, 6) is -2.61. The van der Waals surface area contributed by atoms with Crippen LogP contribution in [0.3, 0.4) is 0 Å². The fourth-order valence-electron chi connectivity index (χ4n) is 7.02. The van der Waals surface area contributed by atoms with Crippen LogP contribution < -0.4 is 11.1 Å². The number of amides is 3. The number of hydrogen-bond donors (Lipinski definition) is 4. The van der Waals surface area contributed by atoms with Crippen molar-refractivity contribution in [2.75, 3.05) is 6.54 Å². The number of imidazole rings is 1. The Bertz CT molecular complexity index is 1330. The number of benzene rings is 1. The molecule has 1 aliphatic rings. The molecule has 0 bridgehead atoms. The number of carbonyl (C=O) groups excluding carboxylic acids is 4. The number of nitrogens with zero attached hydrogens (tertiary/aromatic N) is 2.